The first-order valence-corrected chi connectivity index (χ1v) is 5.33. The quantitative estimate of drug-likeness (QED) is 0.724. The van der Waals surface area contributed by atoms with Crippen LogP contribution < -0.4 is 0 Å². The molecule has 2 aliphatic rings. The lowest BCUT2D eigenvalue weighted by Crippen LogP contribution is -2.14. The summed E-state index contributed by atoms with van der Waals surface area (Å²) in [5, 5.41) is 9.21. The average molecular weight is 220 g/mol. The van der Waals surface area contributed by atoms with Crippen LogP contribution in [0.15, 0.2) is 24.3 Å². The molecule has 0 amide bonds. The Bertz CT molecular complexity index is 412. The van der Waals surface area contributed by atoms with Gasteiger partial charge in [0, 0.05) is 5.92 Å². The summed E-state index contributed by atoms with van der Waals surface area (Å²) in [7, 11) is 0. The van der Waals surface area contributed by atoms with Crippen molar-refractivity contribution in [2.75, 3.05) is 13.2 Å². The minimum atomic E-state index is -0.147. The topological polar surface area (TPSA) is 55.8 Å². The molecule has 0 bridgehead atoms. The highest BCUT2D eigenvalue weighted by atomic mass is 16.6. The van der Waals surface area contributed by atoms with E-state index in [2.05, 4.69) is 0 Å². The van der Waals surface area contributed by atoms with E-state index in [-0.39, 0.29) is 29.7 Å². The van der Waals surface area contributed by atoms with Crippen LogP contribution in [0.1, 0.15) is 11.7 Å². The van der Waals surface area contributed by atoms with Crippen LogP contribution in [0.2, 0.25) is 0 Å². The molecule has 4 nitrogen and oxygen atoms in total. The van der Waals surface area contributed by atoms with E-state index in [0.29, 0.717) is 13.2 Å². The highest BCUT2D eigenvalue weighted by Crippen LogP contribution is 2.42. The van der Waals surface area contributed by atoms with Crippen LogP contribution in [0.25, 0.3) is 0 Å². The average Bonchev–Trinajstić information content (AvgIpc) is 2.84. The smallest absolute Gasteiger partial charge is 0.311 e. The van der Waals surface area contributed by atoms with Crippen molar-refractivity contribution in [1.82, 2.24) is 0 Å². The fraction of sp³-hybridized carbons (Fsp3) is 0.417. The Balaban J connectivity index is 1.86. The molecule has 0 aromatic heterocycles. The molecule has 3 atom stereocenters. The first-order valence-electron chi connectivity index (χ1n) is 5.33. The Morgan fingerprint density at radius 3 is 2.69 bits per heavy atom. The molecule has 2 aliphatic heterocycles. The van der Waals surface area contributed by atoms with Gasteiger partial charge in [-0.2, -0.15) is 0 Å². The predicted octanol–water partition coefficient (Wildman–Crippen LogP) is 1.25. The van der Waals surface area contributed by atoms with Crippen molar-refractivity contribution in [3.8, 4) is 5.75 Å². The fourth-order valence-corrected chi connectivity index (χ4v) is 2.40. The fourth-order valence-electron chi connectivity index (χ4n) is 2.40. The molecule has 0 saturated carbocycles. The lowest BCUT2D eigenvalue weighted by Gasteiger charge is -2.15. The van der Waals surface area contributed by atoms with Crippen LogP contribution in [0.3, 0.4) is 0 Å². The number of phenols is 1. The molecule has 0 aliphatic carbocycles. The Kier molecular flexibility index (Phi) is 2.11. The number of hydrogen-bond acceptors (Lipinski definition) is 4. The third kappa shape index (κ3) is 1.38. The second-order valence-electron chi connectivity index (χ2n) is 4.25. The largest absolute Gasteiger partial charge is 0.508 e. The van der Waals surface area contributed by atoms with Crippen molar-refractivity contribution in [1.29, 1.82) is 0 Å². The highest BCUT2D eigenvalue weighted by Gasteiger charge is 2.47. The summed E-state index contributed by atoms with van der Waals surface area (Å²) in [5.74, 6) is 0.0965. The molecule has 2 heterocycles. The summed E-state index contributed by atoms with van der Waals surface area (Å²) >= 11 is 0. The third-order valence-corrected chi connectivity index (χ3v) is 3.30. The molecule has 1 aromatic rings. The number of benzene rings is 1. The zero-order valence-corrected chi connectivity index (χ0v) is 8.63. The second kappa shape index (κ2) is 3.49. The second-order valence-corrected chi connectivity index (χ2v) is 4.25. The van der Waals surface area contributed by atoms with Gasteiger partial charge >= 0.3 is 5.97 Å². The molecular formula is C12H12O4. The molecule has 1 aromatic carbocycles. The molecule has 3 rings (SSSR count). The lowest BCUT2D eigenvalue weighted by molar-refractivity contribution is -0.142. The number of cyclic esters (lactones) is 1. The van der Waals surface area contributed by atoms with E-state index in [1.807, 2.05) is 12.1 Å². The van der Waals surface area contributed by atoms with Crippen molar-refractivity contribution in [2.45, 2.75) is 6.10 Å². The predicted molar refractivity (Wildman–Crippen MR) is 54.7 cm³/mol. The number of hydrogen-bond donors (Lipinski definition) is 1. The number of phenolic OH excluding ortho intramolecular Hbond substituents is 1. The molecule has 16 heavy (non-hydrogen) atoms. The van der Waals surface area contributed by atoms with Crippen LogP contribution in [0.5, 0.6) is 5.75 Å². The van der Waals surface area contributed by atoms with Crippen LogP contribution in [0, 0.1) is 11.8 Å². The van der Waals surface area contributed by atoms with Crippen LogP contribution in [-0.2, 0) is 14.3 Å². The van der Waals surface area contributed by atoms with Gasteiger partial charge in [0.2, 0.25) is 0 Å². The molecule has 0 unspecified atom stereocenters. The van der Waals surface area contributed by atoms with E-state index in [4.69, 9.17) is 9.47 Å². The van der Waals surface area contributed by atoms with Gasteiger partial charge in [0.15, 0.2) is 0 Å². The maximum Gasteiger partial charge on any atom is 0.311 e. The van der Waals surface area contributed by atoms with Gasteiger partial charge in [-0.3, -0.25) is 4.79 Å². The zero-order chi connectivity index (χ0) is 11.1. The van der Waals surface area contributed by atoms with Gasteiger partial charge in [0.1, 0.15) is 5.75 Å². The SMILES string of the molecule is O=C1OC[C@H]2[C@@H]1CO[C@@H]2c1ccc(O)cc1. The summed E-state index contributed by atoms with van der Waals surface area (Å²) in [6.07, 6.45) is -0.0861. The summed E-state index contributed by atoms with van der Waals surface area (Å²) in [4.78, 5) is 11.3. The lowest BCUT2D eigenvalue weighted by atomic mass is 9.90. The number of rotatable bonds is 1. The van der Waals surface area contributed by atoms with Gasteiger partial charge in [-0.25, -0.2) is 0 Å². The van der Waals surface area contributed by atoms with Gasteiger partial charge in [-0.1, -0.05) is 12.1 Å². The molecule has 0 spiro atoms. The highest BCUT2D eigenvalue weighted by molar-refractivity contribution is 5.75. The molecule has 2 saturated heterocycles. The maximum atomic E-state index is 11.3. The molecule has 4 heteroatoms. The summed E-state index contributed by atoms with van der Waals surface area (Å²) < 4.78 is 10.7. The summed E-state index contributed by atoms with van der Waals surface area (Å²) in [6.45, 7) is 0.879. The third-order valence-electron chi connectivity index (χ3n) is 3.30. The van der Waals surface area contributed by atoms with Crippen molar-refractivity contribution >= 4 is 5.97 Å². The number of carbonyl (C=O) groups is 1. The number of fused-ring (bicyclic) bond motifs is 1. The first-order chi connectivity index (χ1) is 7.75. The Labute approximate surface area is 92.8 Å². The summed E-state index contributed by atoms with van der Waals surface area (Å²) in [6, 6.07) is 6.91. The normalized spacial score (nSPS) is 32.5. The number of carbonyl (C=O) groups excluding carboxylic acids is 1. The monoisotopic (exact) mass is 220 g/mol. The summed E-state index contributed by atoms with van der Waals surface area (Å²) in [5.41, 5.74) is 0.989. The van der Waals surface area contributed by atoms with Gasteiger partial charge in [0.05, 0.1) is 25.2 Å². The van der Waals surface area contributed by atoms with E-state index < -0.39 is 0 Å². The number of ether oxygens (including phenoxy) is 2. The minimum absolute atomic E-state index is 0.0861. The van der Waals surface area contributed by atoms with Crippen molar-refractivity contribution < 1.29 is 19.4 Å². The molecule has 0 radical (unpaired) electrons. The van der Waals surface area contributed by atoms with Crippen molar-refractivity contribution in [2.24, 2.45) is 11.8 Å². The first kappa shape index (κ1) is 9.66. The van der Waals surface area contributed by atoms with E-state index in [1.165, 1.54) is 0 Å². The van der Waals surface area contributed by atoms with E-state index in [9.17, 15) is 9.90 Å². The number of esters is 1. The van der Waals surface area contributed by atoms with E-state index in [1.54, 1.807) is 12.1 Å². The molecule has 84 valence electrons. The van der Waals surface area contributed by atoms with Crippen LogP contribution >= 0.6 is 0 Å². The van der Waals surface area contributed by atoms with Gasteiger partial charge in [-0.15, -0.1) is 0 Å². The van der Waals surface area contributed by atoms with E-state index >= 15 is 0 Å². The zero-order valence-electron chi connectivity index (χ0n) is 8.63. The van der Waals surface area contributed by atoms with Crippen LogP contribution in [0.4, 0.5) is 0 Å². The molecular weight excluding hydrogens is 208 g/mol. The molecule has 1 N–H and O–H groups in total. The Morgan fingerprint density at radius 2 is 1.94 bits per heavy atom. The molecule has 2 fully saturated rings. The minimum Gasteiger partial charge on any atom is -0.508 e. The van der Waals surface area contributed by atoms with E-state index in [0.717, 1.165) is 5.56 Å². The van der Waals surface area contributed by atoms with Crippen molar-refractivity contribution in [3.05, 3.63) is 29.8 Å². The van der Waals surface area contributed by atoms with Crippen molar-refractivity contribution in [3.63, 3.8) is 0 Å². The Morgan fingerprint density at radius 1 is 1.19 bits per heavy atom. The van der Waals surface area contributed by atoms with Gasteiger partial charge in [0.25, 0.3) is 0 Å². The van der Waals surface area contributed by atoms with Crippen LogP contribution in [-0.4, -0.2) is 24.3 Å². The Hall–Kier alpha value is -1.55. The maximum absolute atomic E-state index is 11.3. The standard InChI is InChI=1S/C12H12O4/c13-8-3-1-7(2-4-8)11-9-5-16-12(14)10(9)6-15-11/h1-4,9-11,13H,5-6H2/t9-,10-,11+/m0/s1. The van der Waals surface area contributed by atoms with Gasteiger partial charge in [-0.05, 0) is 17.7 Å². The van der Waals surface area contributed by atoms with Gasteiger partial charge < -0.3 is 14.6 Å². The number of aromatic hydroxyl groups is 1.